The lowest BCUT2D eigenvalue weighted by Gasteiger charge is -2.24. The van der Waals surface area contributed by atoms with Crippen molar-refractivity contribution in [1.29, 1.82) is 0 Å². The minimum absolute atomic E-state index is 0.0142. The number of rotatable bonds is 4. The predicted molar refractivity (Wildman–Crippen MR) is 84.7 cm³/mol. The molecular formula is C17H18N2O4. The molecule has 2 aliphatic rings. The van der Waals surface area contributed by atoms with E-state index in [2.05, 4.69) is 10.6 Å². The van der Waals surface area contributed by atoms with Crippen LogP contribution in [0.4, 0.5) is 11.4 Å². The largest absolute Gasteiger partial charge is 0.481 e. The number of hydrogen-bond acceptors (Lipinski definition) is 3. The van der Waals surface area contributed by atoms with E-state index in [-0.39, 0.29) is 23.7 Å². The van der Waals surface area contributed by atoms with Crippen LogP contribution < -0.4 is 10.6 Å². The molecule has 3 rings (SSSR count). The lowest BCUT2D eigenvalue weighted by molar-refractivity contribution is -0.146. The highest BCUT2D eigenvalue weighted by molar-refractivity contribution is 5.97. The van der Waals surface area contributed by atoms with E-state index in [1.165, 1.54) is 6.92 Å². The molecule has 0 heterocycles. The molecule has 3 N–H and O–H groups in total. The fourth-order valence-corrected chi connectivity index (χ4v) is 3.62. The highest BCUT2D eigenvalue weighted by Gasteiger charge is 2.51. The second-order valence-electron chi connectivity index (χ2n) is 6.09. The number of carboxylic acid groups (broad SMARTS) is 1. The van der Waals surface area contributed by atoms with Gasteiger partial charge in [0.05, 0.1) is 11.8 Å². The summed E-state index contributed by atoms with van der Waals surface area (Å²) >= 11 is 0. The molecule has 2 amide bonds. The van der Waals surface area contributed by atoms with Crippen LogP contribution in [0.2, 0.25) is 0 Å². The number of anilines is 2. The minimum atomic E-state index is -0.922. The number of aliphatic carboxylic acids is 1. The van der Waals surface area contributed by atoms with Gasteiger partial charge in [0.2, 0.25) is 11.8 Å². The van der Waals surface area contributed by atoms with Crippen molar-refractivity contribution < 1.29 is 19.5 Å². The maximum absolute atomic E-state index is 12.6. The third-order valence-electron chi connectivity index (χ3n) is 4.50. The first kappa shape index (κ1) is 15.3. The van der Waals surface area contributed by atoms with Crippen LogP contribution in [0.5, 0.6) is 0 Å². The summed E-state index contributed by atoms with van der Waals surface area (Å²) in [5.74, 6) is -2.69. The van der Waals surface area contributed by atoms with Gasteiger partial charge < -0.3 is 15.7 Å². The first-order chi connectivity index (χ1) is 11.0. The molecule has 4 atom stereocenters. The standard InChI is InChI=1S/C17H18N2O4/c1-9(20)18-12-3-2-4-13(8-12)19-16(21)14-10-5-6-11(7-10)15(14)17(22)23/h2-6,8,10-11,14-15H,7H2,1H3,(H,18,20)(H,19,21)(H,22,23)/t10-,11-,14-,15+/m0/s1. The molecule has 0 unspecified atom stereocenters. The highest BCUT2D eigenvalue weighted by atomic mass is 16.4. The Hall–Kier alpha value is -2.63. The van der Waals surface area contributed by atoms with Crippen LogP contribution in [0.1, 0.15) is 13.3 Å². The normalized spacial score (nSPS) is 27.7. The van der Waals surface area contributed by atoms with Crippen LogP contribution in [-0.4, -0.2) is 22.9 Å². The summed E-state index contributed by atoms with van der Waals surface area (Å²) in [5, 5.41) is 14.8. The van der Waals surface area contributed by atoms with Crippen LogP contribution in [0.25, 0.3) is 0 Å². The monoisotopic (exact) mass is 314 g/mol. The molecule has 6 nitrogen and oxygen atoms in total. The minimum Gasteiger partial charge on any atom is -0.481 e. The fourth-order valence-electron chi connectivity index (χ4n) is 3.62. The van der Waals surface area contributed by atoms with Crippen molar-refractivity contribution >= 4 is 29.2 Å². The molecule has 1 aromatic carbocycles. The van der Waals surface area contributed by atoms with E-state index in [9.17, 15) is 19.5 Å². The zero-order chi connectivity index (χ0) is 16.6. The topological polar surface area (TPSA) is 95.5 Å². The Labute approximate surface area is 133 Å². The van der Waals surface area contributed by atoms with Crippen molar-refractivity contribution in [2.45, 2.75) is 13.3 Å². The molecule has 1 saturated carbocycles. The van der Waals surface area contributed by atoms with Crippen LogP contribution in [0.3, 0.4) is 0 Å². The number of fused-ring (bicyclic) bond motifs is 2. The number of hydrogen-bond donors (Lipinski definition) is 3. The first-order valence-corrected chi connectivity index (χ1v) is 7.55. The van der Waals surface area contributed by atoms with E-state index in [1.54, 1.807) is 24.3 Å². The Bertz CT molecular complexity index is 698. The number of benzene rings is 1. The molecule has 120 valence electrons. The molecule has 2 aliphatic carbocycles. The van der Waals surface area contributed by atoms with Gasteiger partial charge in [-0.15, -0.1) is 0 Å². The van der Waals surface area contributed by atoms with Crippen molar-refractivity contribution in [2.75, 3.05) is 10.6 Å². The van der Waals surface area contributed by atoms with Crippen LogP contribution in [0, 0.1) is 23.7 Å². The number of carboxylic acids is 1. The third-order valence-corrected chi connectivity index (χ3v) is 4.50. The van der Waals surface area contributed by atoms with Gasteiger partial charge in [-0.3, -0.25) is 14.4 Å². The fraction of sp³-hybridized carbons (Fsp3) is 0.353. The molecule has 23 heavy (non-hydrogen) atoms. The second-order valence-corrected chi connectivity index (χ2v) is 6.09. The molecule has 0 aliphatic heterocycles. The summed E-state index contributed by atoms with van der Waals surface area (Å²) in [4.78, 5) is 35.1. The van der Waals surface area contributed by atoms with E-state index in [0.29, 0.717) is 11.4 Å². The summed E-state index contributed by atoms with van der Waals surface area (Å²) in [6.45, 7) is 1.41. The average molecular weight is 314 g/mol. The van der Waals surface area contributed by atoms with Gasteiger partial charge in [-0.05, 0) is 36.5 Å². The molecule has 2 bridgehead atoms. The van der Waals surface area contributed by atoms with E-state index in [1.807, 2.05) is 12.2 Å². The molecule has 0 spiro atoms. The molecule has 0 aromatic heterocycles. The van der Waals surface area contributed by atoms with Gasteiger partial charge in [0, 0.05) is 18.3 Å². The number of nitrogens with one attached hydrogen (secondary N) is 2. The van der Waals surface area contributed by atoms with Gasteiger partial charge >= 0.3 is 5.97 Å². The molecular weight excluding hydrogens is 296 g/mol. The number of carbonyl (C=O) groups excluding carboxylic acids is 2. The Kier molecular flexibility index (Phi) is 3.90. The Morgan fingerprint density at radius 3 is 2.26 bits per heavy atom. The van der Waals surface area contributed by atoms with Crippen molar-refractivity contribution in [1.82, 2.24) is 0 Å². The molecule has 1 aromatic rings. The van der Waals surface area contributed by atoms with Crippen LogP contribution in [0.15, 0.2) is 36.4 Å². The van der Waals surface area contributed by atoms with E-state index >= 15 is 0 Å². The Morgan fingerprint density at radius 2 is 1.65 bits per heavy atom. The molecule has 0 saturated heterocycles. The number of carbonyl (C=O) groups is 3. The maximum Gasteiger partial charge on any atom is 0.307 e. The summed E-state index contributed by atoms with van der Waals surface area (Å²) in [6, 6.07) is 6.80. The summed E-state index contributed by atoms with van der Waals surface area (Å²) in [7, 11) is 0. The lowest BCUT2D eigenvalue weighted by atomic mass is 9.82. The van der Waals surface area contributed by atoms with E-state index in [4.69, 9.17) is 0 Å². The van der Waals surface area contributed by atoms with Crippen LogP contribution in [-0.2, 0) is 14.4 Å². The zero-order valence-corrected chi connectivity index (χ0v) is 12.7. The second kappa shape index (κ2) is 5.87. The van der Waals surface area contributed by atoms with Crippen LogP contribution >= 0.6 is 0 Å². The SMILES string of the molecule is CC(=O)Nc1cccc(NC(=O)[C@@H]2[C@H](C(=O)O)[C@H]3C=C[C@H]2C3)c1. The van der Waals surface area contributed by atoms with Gasteiger partial charge in [-0.25, -0.2) is 0 Å². The Morgan fingerprint density at radius 1 is 1.04 bits per heavy atom. The molecule has 0 radical (unpaired) electrons. The van der Waals surface area contributed by atoms with Gasteiger partial charge in [0.15, 0.2) is 0 Å². The predicted octanol–water partition coefficient (Wildman–Crippen LogP) is 2.11. The summed E-state index contributed by atoms with van der Waals surface area (Å²) in [6.07, 6.45) is 4.58. The summed E-state index contributed by atoms with van der Waals surface area (Å²) in [5.41, 5.74) is 1.12. The van der Waals surface area contributed by atoms with Gasteiger partial charge in [-0.1, -0.05) is 18.2 Å². The first-order valence-electron chi connectivity index (χ1n) is 7.55. The maximum atomic E-state index is 12.6. The van der Waals surface area contributed by atoms with Gasteiger partial charge in [-0.2, -0.15) is 0 Å². The van der Waals surface area contributed by atoms with Gasteiger partial charge in [0.25, 0.3) is 0 Å². The average Bonchev–Trinajstić information content (AvgIpc) is 3.07. The zero-order valence-electron chi connectivity index (χ0n) is 12.7. The molecule has 1 fully saturated rings. The number of allylic oxidation sites excluding steroid dienone is 2. The van der Waals surface area contributed by atoms with E-state index < -0.39 is 17.8 Å². The highest BCUT2D eigenvalue weighted by Crippen LogP contribution is 2.48. The van der Waals surface area contributed by atoms with E-state index in [0.717, 1.165) is 6.42 Å². The van der Waals surface area contributed by atoms with Crippen molar-refractivity contribution in [3.8, 4) is 0 Å². The number of amides is 2. The lowest BCUT2D eigenvalue weighted by Crippen LogP contribution is -2.36. The summed E-state index contributed by atoms with van der Waals surface area (Å²) < 4.78 is 0. The smallest absolute Gasteiger partial charge is 0.307 e. The van der Waals surface area contributed by atoms with Crippen molar-refractivity contribution in [3.05, 3.63) is 36.4 Å². The Balaban J connectivity index is 1.75. The van der Waals surface area contributed by atoms with Crippen molar-refractivity contribution in [2.24, 2.45) is 23.7 Å². The third kappa shape index (κ3) is 2.97. The quantitative estimate of drug-likeness (QED) is 0.742. The van der Waals surface area contributed by atoms with Gasteiger partial charge in [0.1, 0.15) is 0 Å². The van der Waals surface area contributed by atoms with Crippen molar-refractivity contribution in [3.63, 3.8) is 0 Å². The molecule has 6 heteroatoms.